The zero-order chi connectivity index (χ0) is 14.2. The maximum atomic E-state index is 5.69. The van der Waals surface area contributed by atoms with Gasteiger partial charge < -0.3 is 18.6 Å². The molecule has 0 aliphatic heterocycles. The van der Waals surface area contributed by atoms with E-state index >= 15 is 0 Å². The molecule has 0 fully saturated rings. The van der Waals surface area contributed by atoms with Crippen LogP contribution in [-0.2, 0) is 34.0 Å². The van der Waals surface area contributed by atoms with Gasteiger partial charge in [0.2, 0.25) is 0 Å². The molecule has 0 aliphatic carbocycles. The highest BCUT2D eigenvalue weighted by molar-refractivity contribution is 5.19. The van der Waals surface area contributed by atoms with Crippen molar-refractivity contribution in [3.63, 3.8) is 0 Å². The molecule has 0 bridgehead atoms. The van der Waals surface area contributed by atoms with Crippen molar-refractivity contribution in [2.24, 2.45) is 0 Å². The first kappa shape index (κ1) is 14.8. The van der Waals surface area contributed by atoms with E-state index in [4.69, 9.17) is 18.6 Å². The molecule has 0 saturated carbocycles. The summed E-state index contributed by atoms with van der Waals surface area (Å²) in [6, 6.07) is 12.1. The van der Waals surface area contributed by atoms with Gasteiger partial charge in [0.25, 0.3) is 0 Å². The molecular formula is C16H20O4. The van der Waals surface area contributed by atoms with E-state index in [9.17, 15) is 0 Å². The minimum absolute atomic E-state index is 0.264. The summed E-state index contributed by atoms with van der Waals surface area (Å²) in [6.07, 6.45) is 0. The van der Waals surface area contributed by atoms with Crippen LogP contribution in [0.25, 0.3) is 0 Å². The Kier molecular flexibility index (Phi) is 5.80. The number of ether oxygens (including phenoxy) is 3. The summed E-state index contributed by atoms with van der Waals surface area (Å²) in [5, 5.41) is 0. The van der Waals surface area contributed by atoms with Crippen LogP contribution in [0, 0.1) is 6.92 Å². The molecule has 0 atom stereocenters. The minimum atomic E-state index is 0.264. The predicted molar refractivity (Wildman–Crippen MR) is 75.0 cm³/mol. The van der Waals surface area contributed by atoms with Crippen LogP contribution in [0.1, 0.15) is 22.6 Å². The highest BCUT2D eigenvalue weighted by atomic mass is 16.7. The summed E-state index contributed by atoms with van der Waals surface area (Å²) in [7, 11) is 1.60. The highest BCUT2D eigenvalue weighted by Crippen LogP contribution is 2.17. The van der Waals surface area contributed by atoms with E-state index < -0.39 is 0 Å². The van der Waals surface area contributed by atoms with E-state index in [0.29, 0.717) is 19.8 Å². The van der Waals surface area contributed by atoms with Gasteiger partial charge >= 0.3 is 0 Å². The van der Waals surface area contributed by atoms with Gasteiger partial charge in [0.1, 0.15) is 31.5 Å². The maximum absolute atomic E-state index is 5.69. The van der Waals surface area contributed by atoms with E-state index in [1.54, 1.807) is 7.11 Å². The van der Waals surface area contributed by atoms with E-state index in [2.05, 4.69) is 0 Å². The minimum Gasteiger partial charge on any atom is -0.461 e. The van der Waals surface area contributed by atoms with Crippen molar-refractivity contribution in [3.05, 3.63) is 59.0 Å². The zero-order valence-electron chi connectivity index (χ0n) is 11.9. The second kappa shape index (κ2) is 7.85. The Hall–Kier alpha value is -1.62. The first-order valence-corrected chi connectivity index (χ1v) is 6.56. The molecular weight excluding hydrogens is 256 g/mol. The second-order valence-corrected chi connectivity index (χ2v) is 4.55. The molecule has 1 aromatic heterocycles. The Morgan fingerprint density at radius 3 is 2.55 bits per heavy atom. The maximum Gasteiger partial charge on any atom is 0.146 e. The molecule has 2 rings (SSSR count). The molecule has 2 aromatic rings. The average molecular weight is 276 g/mol. The summed E-state index contributed by atoms with van der Waals surface area (Å²) >= 11 is 0. The summed E-state index contributed by atoms with van der Waals surface area (Å²) in [5.74, 6) is 1.63. The van der Waals surface area contributed by atoms with Gasteiger partial charge in [-0.05, 0) is 24.1 Å². The van der Waals surface area contributed by atoms with Gasteiger partial charge in [-0.25, -0.2) is 0 Å². The van der Waals surface area contributed by atoms with Crippen LogP contribution in [0.15, 0.2) is 40.8 Å². The zero-order valence-corrected chi connectivity index (χ0v) is 11.9. The lowest BCUT2D eigenvalue weighted by Gasteiger charge is -2.02. The van der Waals surface area contributed by atoms with Crippen LogP contribution in [0.5, 0.6) is 0 Å². The van der Waals surface area contributed by atoms with Crippen LogP contribution >= 0.6 is 0 Å². The van der Waals surface area contributed by atoms with Gasteiger partial charge in [0.05, 0.1) is 6.61 Å². The Morgan fingerprint density at radius 1 is 1.00 bits per heavy atom. The second-order valence-electron chi connectivity index (χ2n) is 4.55. The highest BCUT2D eigenvalue weighted by Gasteiger charge is 2.08. The molecule has 108 valence electrons. The van der Waals surface area contributed by atoms with Crippen molar-refractivity contribution in [3.8, 4) is 0 Å². The van der Waals surface area contributed by atoms with E-state index in [0.717, 1.165) is 22.6 Å². The molecule has 4 nitrogen and oxygen atoms in total. The molecule has 0 N–H and O–H groups in total. The molecule has 4 heteroatoms. The molecule has 0 aliphatic rings. The predicted octanol–water partition coefficient (Wildman–Crippen LogP) is 3.43. The number of hydrogen-bond donors (Lipinski definition) is 0. The van der Waals surface area contributed by atoms with Crippen molar-refractivity contribution in [2.45, 2.75) is 26.7 Å². The number of hydrogen-bond acceptors (Lipinski definition) is 4. The molecule has 0 radical (unpaired) electrons. The molecule has 0 unspecified atom stereocenters. The molecule has 0 amide bonds. The Balaban J connectivity index is 1.80. The topological polar surface area (TPSA) is 40.8 Å². The monoisotopic (exact) mass is 276 g/mol. The van der Waals surface area contributed by atoms with Crippen LogP contribution in [0.4, 0.5) is 0 Å². The average Bonchev–Trinajstić information content (AvgIpc) is 2.81. The van der Waals surface area contributed by atoms with Gasteiger partial charge in [-0.15, -0.1) is 0 Å². The van der Waals surface area contributed by atoms with E-state index in [1.165, 1.54) is 0 Å². The van der Waals surface area contributed by atoms with Crippen LogP contribution in [-0.4, -0.2) is 13.9 Å². The number of methoxy groups -OCH3 is 1. The van der Waals surface area contributed by atoms with Gasteiger partial charge in [-0.2, -0.15) is 0 Å². The molecule has 0 saturated heterocycles. The smallest absolute Gasteiger partial charge is 0.146 e. The first-order valence-electron chi connectivity index (χ1n) is 6.56. The Morgan fingerprint density at radius 2 is 1.80 bits per heavy atom. The Labute approximate surface area is 119 Å². The number of benzene rings is 1. The first-order chi connectivity index (χ1) is 9.79. The van der Waals surface area contributed by atoms with Crippen molar-refractivity contribution in [2.75, 3.05) is 13.9 Å². The largest absolute Gasteiger partial charge is 0.461 e. The third-order valence-electron chi connectivity index (χ3n) is 2.86. The lowest BCUT2D eigenvalue weighted by Crippen LogP contribution is -1.96. The third-order valence-corrected chi connectivity index (χ3v) is 2.86. The van der Waals surface area contributed by atoms with E-state index in [-0.39, 0.29) is 6.79 Å². The fourth-order valence-corrected chi connectivity index (χ4v) is 1.87. The number of aryl methyl sites for hydroxylation is 1. The van der Waals surface area contributed by atoms with Crippen LogP contribution in [0.3, 0.4) is 0 Å². The van der Waals surface area contributed by atoms with Crippen LogP contribution in [0.2, 0.25) is 0 Å². The summed E-state index contributed by atoms with van der Waals surface area (Å²) in [5.41, 5.74) is 2.22. The van der Waals surface area contributed by atoms with Crippen LogP contribution < -0.4 is 0 Å². The lowest BCUT2D eigenvalue weighted by molar-refractivity contribution is -0.0448. The molecule has 1 aromatic carbocycles. The number of rotatable bonds is 8. The quantitative estimate of drug-likeness (QED) is 0.547. The number of furan rings is 1. The van der Waals surface area contributed by atoms with Crippen molar-refractivity contribution in [1.82, 2.24) is 0 Å². The van der Waals surface area contributed by atoms with E-state index in [1.807, 2.05) is 43.3 Å². The van der Waals surface area contributed by atoms with Gasteiger partial charge in [-0.1, -0.05) is 30.3 Å². The van der Waals surface area contributed by atoms with Crippen molar-refractivity contribution in [1.29, 1.82) is 0 Å². The summed E-state index contributed by atoms with van der Waals surface area (Å²) < 4.78 is 21.4. The van der Waals surface area contributed by atoms with Gasteiger partial charge in [0.15, 0.2) is 0 Å². The summed E-state index contributed by atoms with van der Waals surface area (Å²) in [4.78, 5) is 0. The fourth-order valence-electron chi connectivity index (χ4n) is 1.87. The normalized spacial score (nSPS) is 10.9. The van der Waals surface area contributed by atoms with Gasteiger partial charge in [0, 0.05) is 7.11 Å². The fraction of sp³-hybridized carbons (Fsp3) is 0.375. The summed E-state index contributed by atoms with van der Waals surface area (Å²) in [6.45, 7) is 3.71. The third kappa shape index (κ3) is 4.49. The molecule has 0 spiro atoms. The Bertz CT molecular complexity index is 504. The molecule has 20 heavy (non-hydrogen) atoms. The standard InChI is InChI=1S/C16H20O4/c1-13-8-15(20-16(13)11-19-12-17-2)10-18-9-14-6-4-3-5-7-14/h3-8H,9-12H2,1-2H3. The van der Waals surface area contributed by atoms with Crippen molar-refractivity contribution >= 4 is 0 Å². The van der Waals surface area contributed by atoms with Gasteiger partial charge in [-0.3, -0.25) is 0 Å². The SMILES string of the molecule is COCOCc1oc(COCc2ccccc2)cc1C. The lowest BCUT2D eigenvalue weighted by atomic mass is 10.2. The van der Waals surface area contributed by atoms with Crippen molar-refractivity contribution < 1.29 is 18.6 Å². The molecule has 1 heterocycles.